The molecule has 4 aromatic rings. The summed E-state index contributed by atoms with van der Waals surface area (Å²) in [5.41, 5.74) is 5.30. The number of rotatable bonds is 5. The molecule has 0 radical (unpaired) electrons. The van der Waals surface area contributed by atoms with E-state index < -0.39 is 11.0 Å². The number of fused-ring (bicyclic) bond motifs is 3. The minimum absolute atomic E-state index is 0.0112. The molecule has 190 valence electrons. The summed E-state index contributed by atoms with van der Waals surface area (Å²) in [5, 5.41) is 11.6. The summed E-state index contributed by atoms with van der Waals surface area (Å²) in [6, 6.07) is 19.6. The second kappa shape index (κ2) is 9.42. The van der Waals surface area contributed by atoms with Crippen LogP contribution in [0.2, 0.25) is 0 Å². The molecule has 1 aliphatic carbocycles. The maximum atomic E-state index is 13.9. The second-order valence-electron chi connectivity index (χ2n) is 9.07. The number of hydrogen-bond acceptors (Lipinski definition) is 7. The minimum Gasteiger partial charge on any atom is -0.497 e. The summed E-state index contributed by atoms with van der Waals surface area (Å²) in [6.45, 7) is 0. The molecule has 1 aliphatic heterocycles. The smallest absolute Gasteiger partial charge is 0.271 e. The maximum Gasteiger partial charge on any atom is 0.271 e. The first-order chi connectivity index (χ1) is 18.5. The molecule has 0 unspecified atom stereocenters. The van der Waals surface area contributed by atoms with Gasteiger partial charge in [-0.2, -0.15) is 0 Å². The summed E-state index contributed by atoms with van der Waals surface area (Å²) in [7, 11) is 3.15. The number of nitrogens with zero attached hydrogens (tertiary/aromatic N) is 3. The number of aryl methyl sites for hydroxylation is 1. The van der Waals surface area contributed by atoms with Gasteiger partial charge in [0.15, 0.2) is 4.80 Å². The molecule has 0 amide bonds. The SMILES string of the molecule is COc1ccc(/C=c2/sc3n(c2=O)[C@@H](c2cccc([N+](=O)[O-])c2)C2=C(N=3)c3ccccc3CC2)c(OC)c1. The number of thiazole rings is 1. The minimum atomic E-state index is -0.491. The Hall–Kier alpha value is -4.50. The molecule has 0 bridgehead atoms. The highest BCUT2D eigenvalue weighted by atomic mass is 32.1. The van der Waals surface area contributed by atoms with Crippen LogP contribution < -0.4 is 24.4 Å². The molecular weight excluding hydrogens is 502 g/mol. The Kier molecular flexibility index (Phi) is 5.92. The predicted molar refractivity (Wildman–Crippen MR) is 145 cm³/mol. The lowest BCUT2D eigenvalue weighted by Gasteiger charge is -2.30. The van der Waals surface area contributed by atoms with E-state index in [1.807, 2.05) is 30.3 Å². The molecular formula is C29H23N3O5S. The topological polar surface area (TPSA) is 96.0 Å². The van der Waals surface area contributed by atoms with Gasteiger partial charge in [0.1, 0.15) is 11.5 Å². The first-order valence-electron chi connectivity index (χ1n) is 12.1. The second-order valence-corrected chi connectivity index (χ2v) is 10.1. The van der Waals surface area contributed by atoms with Crippen LogP contribution in [0.1, 0.15) is 34.7 Å². The Bertz CT molecular complexity index is 1820. The zero-order valence-electron chi connectivity index (χ0n) is 20.7. The number of non-ortho nitro benzene ring substituents is 1. The van der Waals surface area contributed by atoms with Gasteiger partial charge < -0.3 is 9.47 Å². The quantitative estimate of drug-likeness (QED) is 0.287. The molecule has 0 saturated heterocycles. The zero-order chi connectivity index (χ0) is 26.4. The average molecular weight is 526 g/mol. The van der Waals surface area contributed by atoms with Crippen LogP contribution in [0, 0.1) is 10.1 Å². The number of ether oxygens (including phenoxy) is 2. The van der Waals surface area contributed by atoms with Gasteiger partial charge in [-0.3, -0.25) is 19.5 Å². The number of benzene rings is 3. The van der Waals surface area contributed by atoms with Crippen molar-refractivity contribution in [3.63, 3.8) is 0 Å². The van der Waals surface area contributed by atoms with Crippen molar-refractivity contribution in [2.45, 2.75) is 18.9 Å². The number of aromatic nitrogens is 1. The van der Waals surface area contributed by atoms with Crippen LogP contribution in [0.15, 0.2) is 82.1 Å². The van der Waals surface area contributed by atoms with Gasteiger partial charge in [0, 0.05) is 29.3 Å². The van der Waals surface area contributed by atoms with Crippen LogP contribution in [0.3, 0.4) is 0 Å². The fourth-order valence-electron chi connectivity index (χ4n) is 5.21. The lowest BCUT2D eigenvalue weighted by atomic mass is 9.83. The average Bonchev–Trinajstić information content (AvgIpc) is 3.26. The van der Waals surface area contributed by atoms with Gasteiger partial charge in [0.2, 0.25) is 0 Å². The fourth-order valence-corrected chi connectivity index (χ4v) is 6.20. The lowest BCUT2D eigenvalue weighted by Crippen LogP contribution is -2.38. The molecule has 8 nitrogen and oxygen atoms in total. The van der Waals surface area contributed by atoms with Crippen molar-refractivity contribution in [2.75, 3.05) is 14.2 Å². The molecule has 9 heteroatoms. The third-order valence-corrected chi connectivity index (χ3v) is 7.98. The van der Waals surface area contributed by atoms with Gasteiger partial charge in [-0.25, -0.2) is 4.99 Å². The van der Waals surface area contributed by atoms with Crippen LogP contribution in [-0.2, 0) is 6.42 Å². The van der Waals surface area contributed by atoms with E-state index >= 15 is 0 Å². The Morgan fingerprint density at radius 2 is 1.89 bits per heavy atom. The first kappa shape index (κ1) is 23.9. The van der Waals surface area contributed by atoms with Gasteiger partial charge >= 0.3 is 0 Å². The highest BCUT2D eigenvalue weighted by Gasteiger charge is 2.33. The van der Waals surface area contributed by atoms with E-state index in [0.717, 1.165) is 28.8 Å². The summed E-state index contributed by atoms with van der Waals surface area (Å²) in [4.78, 5) is 30.7. The zero-order valence-corrected chi connectivity index (χ0v) is 21.5. The van der Waals surface area contributed by atoms with Crippen molar-refractivity contribution in [1.82, 2.24) is 4.57 Å². The van der Waals surface area contributed by atoms with Crippen molar-refractivity contribution >= 4 is 28.8 Å². The van der Waals surface area contributed by atoms with E-state index in [1.165, 1.54) is 23.0 Å². The standard InChI is InChI=1S/C29H23N3O5S/c1-36-21-12-10-18(24(16-21)37-2)15-25-28(33)31-27(19-7-5-8-20(14-19)32(34)35)23-13-11-17-6-3-4-9-22(17)26(23)30-29(31)38-25/h3-10,12,14-16,27H,11,13H2,1-2H3/b25-15+/t27-/m0/s1. The third kappa shape index (κ3) is 3.92. The van der Waals surface area contributed by atoms with Crippen LogP contribution in [0.25, 0.3) is 11.8 Å². The lowest BCUT2D eigenvalue weighted by molar-refractivity contribution is -0.384. The summed E-state index contributed by atoms with van der Waals surface area (Å²) < 4.78 is 13.0. The first-order valence-corrected chi connectivity index (χ1v) is 12.9. The van der Waals surface area contributed by atoms with Gasteiger partial charge in [0.25, 0.3) is 11.2 Å². The monoisotopic (exact) mass is 525 g/mol. The van der Waals surface area contributed by atoms with Gasteiger partial charge in [-0.05, 0) is 47.8 Å². The van der Waals surface area contributed by atoms with E-state index in [4.69, 9.17) is 14.5 Å². The van der Waals surface area contributed by atoms with Gasteiger partial charge in [-0.15, -0.1) is 0 Å². The normalized spacial score (nSPS) is 16.3. The van der Waals surface area contributed by atoms with Crippen LogP contribution in [0.4, 0.5) is 5.69 Å². The van der Waals surface area contributed by atoms with E-state index in [0.29, 0.717) is 32.8 Å². The van der Waals surface area contributed by atoms with Crippen molar-refractivity contribution in [3.8, 4) is 11.5 Å². The molecule has 0 spiro atoms. The predicted octanol–water partition coefficient (Wildman–Crippen LogP) is 4.24. The number of hydrogen-bond donors (Lipinski definition) is 0. The van der Waals surface area contributed by atoms with Crippen molar-refractivity contribution in [1.29, 1.82) is 0 Å². The molecule has 0 fully saturated rings. The Labute approximate surface area is 221 Å². The van der Waals surface area contributed by atoms with Gasteiger partial charge in [-0.1, -0.05) is 47.7 Å². The van der Waals surface area contributed by atoms with E-state index in [1.54, 1.807) is 43.1 Å². The number of allylic oxidation sites excluding steroid dienone is 1. The van der Waals surface area contributed by atoms with Crippen molar-refractivity contribution < 1.29 is 14.4 Å². The van der Waals surface area contributed by atoms with Crippen molar-refractivity contribution in [3.05, 3.63) is 124 Å². The third-order valence-electron chi connectivity index (χ3n) is 7.00. The van der Waals surface area contributed by atoms with E-state index in [9.17, 15) is 14.9 Å². The Morgan fingerprint density at radius 3 is 2.68 bits per heavy atom. The van der Waals surface area contributed by atoms with Crippen LogP contribution >= 0.6 is 11.3 Å². The molecule has 1 atom stereocenters. The highest BCUT2D eigenvalue weighted by Crippen LogP contribution is 2.41. The van der Waals surface area contributed by atoms with Crippen molar-refractivity contribution in [2.24, 2.45) is 4.99 Å². The number of nitro benzene ring substituents is 1. The van der Waals surface area contributed by atoms with Crippen LogP contribution in [0.5, 0.6) is 11.5 Å². The molecule has 6 rings (SSSR count). The molecule has 2 aliphatic rings. The summed E-state index contributed by atoms with van der Waals surface area (Å²) >= 11 is 1.30. The van der Waals surface area contributed by atoms with E-state index in [2.05, 4.69) is 12.1 Å². The largest absolute Gasteiger partial charge is 0.497 e. The number of nitro groups is 1. The van der Waals surface area contributed by atoms with Crippen LogP contribution in [-0.4, -0.2) is 23.7 Å². The van der Waals surface area contributed by atoms with E-state index in [-0.39, 0.29) is 11.2 Å². The highest BCUT2D eigenvalue weighted by molar-refractivity contribution is 7.07. The molecule has 2 heterocycles. The molecule has 0 N–H and O–H groups in total. The number of methoxy groups -OCH3 is 2. The maximum absolute atomic E-state index is 13.9. The molecule has 3 aromatic carbocycles. The summed E-state index contributed by atoms with van der Waals surface area (Å²) in [5.74, 6) is 1.23. The molecule has 38 heavy (non-hydrogen) atoms. The van der Waals surface area contributed by atoms with Gasteiger partial charge in [0.05, 0.1) is 35.4 Å². The molecule has 0 saturated carbocycles. The Balaban J connectivity index is 1.61. The fraction of sp³-hybridized carbons (Fsp3) is 0.172. The molecule has 1 aromatic heterocycles. The summed E-state index contributed by atoms with van der Waals surface area (Å²) in [6.07, 6.45) is 3.31. The Morgan fingerprint density at radius 1 is 1.05 bits per heavy atom.